The third-order valence-corrected chi connectivity index (χ3v) is 5.36. The Hall–Kier alpha value is -3.19. The van der Waals surface area contributed by atoms with Crippen LogP contribution in [-0.4, -0.2) is 20.3 Å². The standard InChI is InChI=1S/C23H27N5OS/c1-5-13-27-20(14-24-22-17(3)10-8-11-18(22)4)26-28(23(27)30)15-21(29)25-19-12-7-6-9-16(19)2/h5-12,24H,1,13-15H2,2-4H3,(H,25,29). The van der Waals surface area contributed by atoms with Gasteiger partial charge >= 0.3 is 0 Å². The van der Waals surface area contributed by atoms with Crippen LogP contribution < -0.4 is 10.6 Å². The van der Waals surface area contributed by atoms with Gasteiger partial charge in [0.25, 0.3) is 0 Å². The lowest BCUT2D eigenvalue weighted by molar-refractivity contribution is -0.116. The topological polar surface area (TPSA) is 63.9 Å². The molecule has 1 amide bonds. The van der Waals surface area contributed by atoms with Gasteiger partial charge < -0.3 is 10.6 Å². The number of hydrogen-bond donors (Lipinski definition) is 2. The first-order chi connectivity index (χ1) is 14.4. The summed E-state index contributed by atoms with van der Waals surface area (Å²) < 4.78 is 3.95. The van der Waals surface area contributed by atoms with Crippen LogP contribution in [0.3, 0.4) is 0 Å². The zero-order valence-electron chi connectivity index (χ0n) is 17.6. The van der Waals surface area contributed by atoms with E-state index < -0.39 is 0 Å². The Bertz CT molecular complexity index is 1110. The molecule has 0 saturated carbocycles. The number of benzene rings is 2. The molecule has 3 rings (SSSR count). The van der Waals surface area contributed by atoms with Crippen molar-refractivity contribution in [2.24, 2.45) is 0 Å². The molecule has 1 heterocycles. The van der Waals surface area contributed by atoms with Crippen LogP contribution >= 0.6 is 12.2 Å². The highest BCUT2D eigenvalue weighted by Crippen LogP contribution is 2.20. The highest BCUT2D eigenvalue weighted by atomic mass is 32.1. The molecular formula is C23H27N5OS. The third-order valence-electron chi connectivity index (χ3n) is 4.93. The number of rotatable bonds is 8. The number of allylic oxidation sites excluding steroid dienone is 1. The van der Waals surface area contributed by atoms with Crippen molar-refractivity contribution >= 4 is 29.5 Å². The lowest BCUT2D eigenvalue weighted by Crippen LogP contribution is -2.20. The summed E-state index contributed by atoms with van der Waals surface area (Å²) in [5.41, 5.74) is 5.21. The van der Waals surface area contributed by atoms with E-state index in [-0.39, 0.29) is 12.5 Å². The zero-order chi connectivity index (χ0) is 21.7. The third kappa shape index (κ3) is 4.86. The van der Waals surface area contributed by atoms with Crippen molar-refractivity contribution in [2.75, 3.05) is 10.6 Å². The lowest BCUT2D eigenvalue weighted by Gasteiger charge is -2.12. The van der Waals surface area contributed by atoms with E-state index >= 15 is 0 Å². The number of hydrogen-bond acceptors (Lipinski definition) is 4. The Morgan fingerprint density at radius 3 is 2.43 bits per heavy atom. The summed E-state index contributed by atoms with van der Waals surface area (Å²) in [6, 6.07) is 13.8. The molecule has 0 saturated heterocycles. The molecule has 0 bridgehead atoms. The summed E-state index contributed by atoms with van der Waals surface area (Å²) in [5, 5.41) is 11.0. The number of nitrogens with one attached hydrogen (secondary N) is 2. The molecule has 0 aliphatic rings. The van der Waals surface area contributed by atoms with E-state index in [0.717, 1.165) is 22.8 Å². The highest BCUT2D eigenvalue weighted by molar-refractivity contribution is 7.71. The largest absolute Gasteiger partial charge is 0.377 e. The summed E-state index contributed by atoms with van der Waals surface area (Å²) in [6.07, 6.45) is 1.78. The number of carbonyl (C=O) groups excluding carboxylic acids is 1. The van der Waals surface area contributed by atoms with E-state index in [1.165, 1.54) is 11.1 Å². The number of para-hydroxylation sites is 2. The van der Waals surface area contributed by atoms with Crippen LogP contribution in [0.1, 0.15) is 22.5 Å². The minimum Gasteiger partial charge on any atom is -0.377 e. The van der Waals surface area contributed by atoms with Gasteiger partial charge in [-0.25, -0.2) is 4.68 Å². The Labute approximate surface area is 182 Å². The van der Waals surface area contributed by atoms with E-state index in [1.807, 2.05) is 41.8 Å². The van der Waals surface area contributed by atoms with Crippen molar-refractivity contribution in [1.29, 1.82) is 0 Å². The van der Waals surface area contributed by atoms with Gasteiger partial charge in [-0.1, -0.05) is 42.5 Å². The van der Waals surface area contributed by atoms with Crippen LogP contribution in [0.2, 0.25) is 0 Å². The van der Waals surface area contributed by atoms with Gasteiger partial charge in [-0.3, -0.25) is 9.36 Å². The zero-order valence-corrected chi connectivity index (χ0v) is 18.4. The molecule has 0 radical (unpaired) electrons. The number of aromatic nitrogens is 3. The first-order valence-corrected chi connectivity index (χ1v) is 10.2. The van der Waals surface area contributed by atoms with Crippen molar-refractivity contribution in [3.8, 4) is 0 Å². The second kappa shape index (κ2) is 9.54. The Kier molecular flexibility index (Phi) is 6.84. The normalized spacial score (nSPS) is 10.6. The van der Waals surface area contributed by atoms with Crippen LogP contribution in [0, 0.1) is 25.5 Å². The summed E-state index contributed by atoms with van der Waals surface area (Å²) in [5.74, 6) is 0.587. The Morgan fingerprint density at radius 1 is 1.10 bits per heavy atom. The van der Waals surface area contributed by atoms with Gasteiger partial charge in [0, 0.05) is 17.9 Å². The minimum atomic E-state index is -0.169. The fourth-order valence-corrected chi connectivity index (χ4v) is 3.62. The summed E-state index contributed by atoms with van der Waals surface area (Å²) in [4.78, 5) is 12.6. The summed E-state index contributed by atoms with van der Waals surface area (Å²) >= 11 is 5.58. The van der Waals surface area contributed by atoms with Gasteiger partial charge in [0.1, 0.15) is 6.54 Å². The van der Waals surface area contributed by atoms with Gasteiger partial charge in [-0.05, 0) is 55.7 Å². The number of aryl methyl sites for hydroxylation is 3. The molecule has 3 aromatic rings. The molecule has 0 unspecified atom stereocenters. The second-order valence-corrected chi connectivity index (χ2v) is 7.60. The summed E-state index contributed by atoms with van der Waals surface area (Å²) in [6.45, 7) is 11.0. The predicted octanol–water partition coefficient (Wildman–Crippen LogP) is 4.78. The van der Waals surface area contributed by atoms with Gasteiger partial charge in [-0.15, -0.1) is 6.58 Å². The molecule has 2 aromatic carbocycles. The van der Waals surface area contributed by atoms with Crippen LogP contribution in [0.25, 0.3) is 0 Å². The average molecular weight is 422 g/mol. The minimum absolute atomic E-state index is 0.0493. The van der Waals surface area contributed by atoms with Crippen molar-refractivity contribution < 1.29 is 4.79 Å². The SMILES string of the molecule is C=CCn1c(CNc2c(C)cccc2C)nn(CC(=O)Nc2ccccc2C)c1=S. The van der Waals surface area contributed by atoms with Crippen LogP contribution in [0.15, 0.2) is 55.1 Å². The smallest absolute Gasteiger partial charge is 0.246 e. The Balaban J connectivity index is 1.79. The van der Waals surface area contributed by atoms with Gasteiger partial charge in [0.15, 0.2) is 10.6 Å². The predicted molar refractivity (Wildman–Crippen MR) is 124 cm³/mol. The molecule has 6 nitrogen and oxygen atoms in total. The van der Waals surface area contributed by atoms with Gasteiger partial charge in [-0.2, -0.15) is 5.10 Å². The molecule has 0 spiro atoms. The van der Waals surface area contributed by atoms with Crippen molar-refractivity contribution in [3.05, 3.63) is 82.4 Å². The molecule has 156 valence electrons. The Morgan fingerprint density at radius 2 is 1.77 bits per heavy atom. The maximum absolute atomic E-state index is 12.6. The van der Waals surface area contributed by atoms with Crippen LogP contribution in [0.5, 0.6) is 0 Å². The van der Waals surface area contributed by atoms with Crippen molar-refractivity contribution in [3.63, 3.8) is 0 Å². The molecule has 7 heteroatoms. The molecule has 2 N–H and O–H groups in total. The first-order valence-electron chi connectivity index (χ1n) is 9.83. The summed E-state index contributed by atoms with van der Waals surface area (Å²) in [7, 11) is 0. The van der Waals surface area contributed by atoms with Crippen molar-refractivity contribution in [2.45, 2.75) is 40.4 Å². The quantitative estimate of drug-likeness (QED) is 0.406. The average Bonchev–Trinajstić information content (AvgIpc) is 2.99. The highest BCUT2D eigenvalue weighted by Gasteiger charge is 2.14. The van der Waals surface area contributed by atoms with E-state index in [0.29, 0.717) is 17.9 Å². The number of amides is 1. The first kappa shape index (κ1) is 21.5. The monoisotopic (exact) mass is 421 g/mol. The second-order valence-electron chi connectivity index (χ2n) is 7.24. The number of carbonyl (C=O) groups is 1. The fourth-order valence-electron chi connectivity index (χ4n) is 3.33. The van der Waals surface area contributed by atoms with Crippen LogP contribution in [0.4, 0.5) is 11.4 Å². The molecule has 0 aliphatic carbocycles. The maximum atomic E-state index is 12.6. The molecule has 0 atom stereocenters. The molecular weight excluding hydrogens is 394 g/mol. The van der Waals surface area contributed by atoms with E-state index in [1.54, 1.807) is 10.8 Å². The lowest BCUT2D eigenvalue weighted by atomic mass is 10.1. The van der Waals surface area contributed by atoms with E-state index in [2.05, 4.69) is 48.3 Å². The van der Waals surface area contributed by atoms with Crippen molar-refractivity contribution in [1.82, 2.24) is 14.3 Å². The number of anilines is 2. The molecule has 1 aromatic heterocycles. The molecule has 0 fully saturated rings. The maximum Gasteiger partial charge on any atom is 0.246 e. The van der Waals surface area contributed by atoms with E-state index in [4.69, 9.17) is 12.2 Å². The van der Waals surface area contributed by atoms with E-state index in [9.17, 15) is 4.79 Å². The molecule has 0 aliphatic heterocycles. The fraction of sp³-hybridized carbons (Fsp3) is 0.261. The van der Waals surface area contributed by atoms with Crippen LogP contribution in [-0.2, 0) is 24.4 Å². The van der Waals surface area contributed by atoms with Gasteiger partial charge in [0.05, 0.1) is 6.54 Å². The molecule has 30 heavy (non-hydrogen) atoms. The number of nitrogens with zero attached hydrogens (tertiary/aromatic N) is 3. The van der Waals surface area contributed by atoms with Gasteiger partial charge in [0.2, 0.25) is 5.91 Å².